The van der Waals surface area contributed by atoms with Crippen molar-refractivity contribution in [1.29, 1.82) is 0 Å². The predicted molar refractivity (Wildman–Crippen MR) is 20.0 cm³/mol. The van der Waals surface area contributed by atoms with Crippen LogP contribution in [0.25, 0.3) is 0 Å². The van der Waals surface area contributed by atoms with E-state index in [1.807, 2.05) is 0 Å². The second-order valence-corrected chi connectivity index (χ2v) is 1.15. The summed E-state index contributed by atoms with van der Waals surface area (Å²) in [6.45, 7) is 0. The molecule has 0 aromatic rings. The minimum atomic E-state index is -2.19. The van der Waals surface area contributed by atoms with Gasteiger partial charge in [-0.3, -0.25) is 0 Å². The zero-order valence-electron chi connectivity index (χ0n) is 5.95. The van der Waals surface area contributed by atoms with E-state index in [0.717, 1.165) is 0 Å². The summed E-state index contributed by atoms with van der Waals surface area (Å²) < 4.78 is 0. The number of carbonyl (C=O) groups is 4. The fraction of sp³-hybridized carbons (Fsp3) is 0. The van der Waals surface area contributed by atoms with Gasteiger partial charge < -0.3 is 39.6 Å². The molecule has 0 fully saturated rings. The van der Waals surface area contributed by atoms with Crippen molar-refractivity contribution in [3.8, 4) is 0 Å². The van der Waals surface area contributed by atoms with Gasteiger partial charge in [0.15, 0.2) is 0 Å². The number of carboxylic acids is 4. The molecule has 0 aliphatic carbocycles. The van der Waals surface area contributed by atoms with Crippen LogP contribution in [0.2, 0.25) is 0 Å². The van der Waals surface area contributed by atoms with E-state index in [0.29, 0.717) is 0 Å². The Morgan fingerprint density at radius 3 is 0.643 bits per heavy atom. The second-order valence-electron chi connectivity index (χ2n) is 1.15. The molecule has 8 nitrogen and oxygen atoms in total. The number of hydrogen-bond donors (Lipinski definition) is 0. The van der Waals surface area contributed by atoms with Crippen LogP contribution in [0.5, 0.6) is 0 Å². The first-order valence-corrected chi connectivity index (χ1v) is 2.13. The first-order valence-electron chi connectivity index (χ1n) is 2.13. The van der Waals surface area contributed by atoms with Crippen LogP contribution < -0.4 is 20.4 Å². The van der Waals surface area contributed by atoms with Crippen LogP contribution >= 0.6 is 0 Å². The van der Waals surface area contributed by atoms with Gasteiger partial charge >= 0.3 is 33.8 Å². The van der Waals surface area contributed by atoms with E-state index in [1.165, 1.54) is 0 Å². The van der Waals surface area contributed by atoms with Crippen molar-refractivity contribution in [3.63, 3.8) is 0 Å². The summed E-state index contributed by atoms with van der Waals surface area (Å²) in [5, 5.41) is 35.7. The van der Waals surface area contributed by atoms with Crippen molar-refractivity contribution >= 4 is 23.9 Å². The third-order valence-corrected chi connectivity index (χ3v) is 0.333. The van der Waals surface area contributed by atoms with Gasteiger partial charge in [0.2, 0.25) is 0 Å². The summed E-state index contributed by atoms with van der Waals surface area (Å²) in [6.07, 6.45) is 0. The number of hydrogen-bond acceptors (Lipinski definition) is 8. The van der Waals surface area contributed by atoms with Gasteiger partial charge in [0.05, 0.1) is 23.9 Å². The molecule has 0 unspecified atom stereocenters. The molecule has 0 spiro atoms. The van der Waals surface area contributed by atoms with Crippen LogP contribution in [0, 0.1) is 0 Å². The Labute approximate surface area is 97.6 Å². The molecule has 0 rings (SSSR count). The third kappa shape index (κ3) is 22.4. The van der Waals surface area contributed by atoms with Gasteiger partial charge in [0.25, 0.3) is 0 Å². The van der Waals surface area contributed by atoms with Crippen LogP contribution in [0.4, 0.5) is 0 Å². The fourth-order valence-electron chi connectivity index (χ4n) is 0. The number of aliphatic carboxylic acids is 4. The Kier molecular flexibility index (Phi) is 19.6. The summed E-state index contributed by atoms with van der Waals surface area (Å²) >= 11 is 0. The Bertz CT molecular complexity index is 177. The van der Waals surface area contributed by atoms with Gasteiger partial charge in [-0.15, -0.1) is 0 Å². The van der Waals surface area contributed by atoms with Gasteiger partial charge in [0.1, 0.15) is 0 Å². The monoisotopic (exact) mass is 291 g/mol. The molecule has 0 bridgehead atoms. The predicted octanol–water partition coefficient (Wildman–Crippen LogP) is -7.03. The maximum Gasteiger partial charge on any atom is 2.00 e. The summed E-state index contributed by atoms with van der Waals surface area (Å²) in [6, 6.07) is 0. The van der Waals surface area contributed by atoms with Crippen molar-refractivity contribution < 1.29 is 73.5 Å². The van der Waals surface area contributed by atoms with Gasteiger partial charge in [-0.1, -0.05) is 0 Å². The molecule has 81 valence electrons. The van der Waals surface area contributed by atoms with Crippen LogP contribution in [0.15, 0.2) is 0 Å². The van der Waals surface area contributed by atoms with Crippen LogP contribution in [0.1, 0.15) is 0 Å². The second kappa shape index (κ2) is 11.9. The topological polar surface area (TPSA) is 161 Å². The molecular formula is C4CoFeO8. The third-order valence-electron chi connectivity index (χ3n) is 0.333. The smallest absolute Gasteiger partial charge is 0.543 e. The first-order chi connectivity index (χ1) is 5.29. The molecule has 0 N–H and O–H groups in total. The van der Waals surface area contributed by atoms with Crippen molar-refractivity contribution in [2.75, 3.05) is 0 Å². The standard InChI is InChI=1S/2C2H2O4.Co.Fe/c2*3-1(4)2(5)6;;/h2*(H,3,4)(H,5,6);;/q;;2*+2/p-4. The number of rotatable bonds is 0. The quantitative estimate of drug-likeness (QED) is 0.314. The molecule has 0 saturated carbocycles. The van der Waals surface area contributed by atoms with Crippen LogP contribution in [-0.2, 0) is 53.0 Å². The molecule has 14 heavy (non-hydrogen) atoms. The average molecular weight is 291 g/mol. The molecule has 0 heterocycles. The SMILES string of the molecule is O=C([O-])C(=O)[O-].O=C([O-])C(=O)[O-].[Co+2].[Fe+2]. The molecule has 0 amide bonds. The average Bonchev–Trinajstić information content (AvgIpc) is 1.88. The zero-order chi connectivity index (χ0) is 10.3. The van der Waals surface area contributed by atoms with Gasteiger partial charge in [-0.25, -0.2) is 0 Å². The van der Waals surface area contributed by atoms with Crippen molar-refractivity contribution in [2.45, 2.75) is 0 Å². The minimum Gasteiger partial charge on any atom is -0.543 e. The molecule has 0 aliphatic heterocycles. The van der Waals surface area contributed by atoms with E-state index in [2.05, 4.69) is 0 Å². The van der Waals surface area contributed by atoms with Gasteiger partial charge in [0, 0.05) is 0 Å². The van der Waals surface area contributed by atoms with E-state index in [1.54, 1.807) is 0 Å². The van der Waals surface area contributed by atoms with Gasteiger partial charge in [-0.05, 0) is 0 Å². The zero-order valence-corrected chi connectivity index (χ0v) is 8.10. The van der Waals surface area contributed by atoms with E-state index >= 15 is 0 Å². The van der Waals surface area contributed by atoms with Crippen LogP contribution in [-0.4, -0.2) is 23.9 Å². The Hall–Kier alpha value is -1.09. The first kappa shape index (κ1) is 23.1. The van der Waals surface area contributed by atoms with Crippen molar-refractivity contribution in [1.82, 2.24) is 0 Å². The normalized spacial score (nSPS) is 6.29. The van der Waals surface area contributed by atoms with Crippen molar-refractivity contribution in [3.05, 3.63) is 0 Å². The minimum absolute atomic E-state index is 0. The summed E-state index contributed by atoms with van der Waals surface area (Å²) in [5.41, 5.74) is 0. The Balaban J connectivity index is -0.0000000625. The maximum atomic E-state index is 8.93. The fourth-order valence-corrected chi connectivity index (χ4v) is 0. The molecule has 0 atom stereocenters. The summed E-state index contributed by atoms with van der Waals surface area (Å²) in [4.78, 5) is 35.7. The summed E-state index contributed by atoms with van der Waals surface area (Å²) in [7, 11) is 0. The molecule has 0 aromatic carbocycles. The molecule has 0 aliphatic rings. The summed E-state index contributed by atoms with van der Waals surface area (Å²) in [5.74, 6) is -8.74. The van der Waals surface area contributed by atoms with E-state index in [9.17, 15) is 0 Å². The number of carbonyl (C=O) groups excluding carboxylic acids is 4. The van der Waals surface area contributed by atoms with Crippen LogP contribution in [0.3, 0.4) is 0 Å². The van der Waals surface area contributed by atoms with E-state index < -0.39 is 23.9 Å². The van der Waals surface area contributed by atoms with E-state index in [-0.39, 0.29) is 33.8 Å². The molecular weight excluding hydrogens is 291 g/mol. The Morgan fingerprint density at radius 2 is 0.643 bits per heavy atom. The molecule has 0 aromatic heterocycles. The number of carboxylic acid groups (broad SMARTS) is 4. The molecule has 0 saturated heterocycles. The molecule has 1 radical (unpaired) electrons. The Morgan fingerprint density at radius 1 is 0.571 bits per heavy atom. The van der Waals surface area contributed by atoms with Gasteiger partial charge in [-0.2, -0.15) is 0 Å². The van der Waals surface area contributed by atoms with Crippen molar-refractivity contribution in [2.24, 2.45) is 0 Å². The van der Waals surface area contributed by atoms with E-state index in [4.69, 9.17) is 39.6 Å². The maximum absolute atomic E-state index is 8.93. The molecule has 10 heteroatoms. The largest absolute Gasteiger partial charge is 2.00 e.